The number of aromatic nitrogens is 2. The summed E-state index contributed by atoms with van der Waals surface area (Å²) in [6.07, 6.45) is 2.57. The molecule has 2 aromatic heterocycles. The first-order valence-corrected chi connectivity index (χ1v) is 12.4. The van der Waals surface area contributed by atoms with Crippen LogP contribution in [-0.2, 0) is 6.42 Å². The highest BCUT2D eigenvalue weighted by atomic mass is 79.9. The number of H-pyrrole nitrogens is 1. The highest BCUT2D eigenvalue weighted by Gasteiger charge is 2.38. The van der Waals surface area contributed by atoms with Gasteiger partial charge >= 0.3 is 0 Å². The zero-order valence-electron chi connectivity index (χ0n) is 17.2. The van der Waals surface area contributed by atoms with Crippen LogP contribution in [0.15, 0.2) is 63.6 Å². The van der Waals surface area contributed by atoms with Crippen LogP contribution in [0.2, 0.25) is 0 Å². The number of aromatic amines is 1. The topological polar surface area (TPSA) is 74.8 Å². The van der Waals surface area contributed by atoms with Crippen LogP contribution in [0.4, 0.5) is 5.69 Å². The maximum atomic E-state index is 5.79. The van der Waals surface area contributed by atoms with E-state index in [4.69, 9.17) is 26.7 Å². The molecule has 2 aliphatic heterocycles. The number of imidazole rings is 1. The molecule has 4 heterocycles. The summed E-state index contributed by atoms with van der Waals surface area (Å²) >= 11 is 11.3. The average Bonchev–Trinajstić information content (AvgIpc) is 3.60. The SMILES string of the molecule is S=C1NC(=NCCc2cccs2)C(c2cc3c(cc2Br)OCO3)N1c1ccc2nc[nH]c2c1. The number of anilines is 1. The Balaban J connectivity index is 1.43. The second-order valence-corrected chi connectivity index (χ2v) is 9.90. The van der Waals surface area contributed by atoms with Crippen LogP contribution in [0, 0.1) is 0 Å². The van der Waals surface area contributed by atoms with Gasteiger partial charge in [-0.25, -0.2) is 4.98 Å². The minimum atomic E-state index is -0.245. The molecule has 1 fully saturated rings. The fourth-order valence-corrected chi connectivity index (χ4v) is 5.67. The Labute approximate surface area is 207 Å². The Morgan fingerprint density at radius 1 is 1.21 bits per heavy atom. The number of ether oxygens (including phenoxy) is 2. The predicted molar refractivity (Wildman–Crippen MR) is 138 cm³/mol. The van der Waals surface area contributed by atoms with Crippen LogP contribution >= 0.6 is 39.5 Å². The third kappa shape index (κ3) is 3.77. The number of rotatable bonds is 5. The van der Waals surface area contributed by atoms with Crippen LogP contribution in [0.25, 0.3) is 11.0 Å². The highest BCUT2D eigenvalue weighted by molar-refractivity contribution is 9.10. The van der Waals surface area contributed by atoms with E-state index in [0.29, 0.717) is 17.4 Å². The molecule has 2 N–H and O–H groups in total. The Bertz CT molecular complexity index is 1390. The largest absolute Gasteiger partial charge is 0.454 e. The van der Waals surface area contributed by atoms with Gasteiger partial charge in [-0.3, -0.25) is 4.99 Å². The van der Waals surface area contributed by atoms with Gasteiger partial charge in [0, 0.05) is 33.6 Å². The summed E-state index contributed by atoms with van der Waals surface area (Å²) in [5.41, 5.74) is 3.79. The Morgan fingerprint density at radius 2 is 2.09 bits per heavy atom. The Kier molecular flexibility index (Phi) is 5.28. The molecule has 7 nitrogen and oxygen atoms in total. The normalized spacial score (nSPS) is 18.5. The molecule has 0 spiro atoms. The van der Waals surface area contributed by atoms with E-state index in [1.54, 1.807) is 17.7 Å². The molecule has 0 saturated carbocycles. The smallest absolute Gasteiger partial charge is 0.231 e. The summed E-state index contributed by atoms with van der Waals surface area (Å²) in [5.74, 6) is 2.24. The number of hydrogen-bond donors (Lipinski definition) is 2. The van der Waals surface area contributed by atoms with Gasteiger partial charge in [0.15, 0.2) is 16.6 Å². The molecule has 4 aromatic rings. The van der Waals surface area contributed by atoms with Gasteiger partial charge in [0.25, 0.3) is 0 Å². The van der Waals surface area contributed by atoms with Gasteiger partial charge in [0.2, 0.25) is 6.79 Å². The molecule has 33 heavy (non-hydrogen) atoms. The van der Waals surface area contributed by atoms with Crippen molar-refractivity contribution in [3.63, 3.8) is 0 Å². The number of nitrogens with zero attached hydrogens (tertiary/aromatic N) is 3. The fourth-order valence-electron chi connectivity index (χ4n) is 4.11. The molecule has 0 radical (unpaired) electrons. The summed E-state index contributed by atoms with van der Waals surface area (Å²) in [6, 6.07) is 14.0. The molecule has 2 aromatic carbocycles. The fraction of sp³-hybridized carbons (Fsp3) is 0.174. The number of amidine groups is 1. The lowest BCUT2D eigenvalue weighted by Gasteiger charge is -2.26. The van der Waals surface area contributed by atoms with Gasteiger partial charge < -0.3 is 24.7 Å². The van der Waals surface area contributed by atoms with Gasteiger partial charge in [0.05, 0.1) is 17.4 Å². The van der Waals surface area contributed by atoms with E-state index in [-0.39, 0.29) is 12.8 Å². The van der Waals surface area contributed by atoms with E-state index in [1.165, 1.54) is 4.88 Å². The van der Waals surface area contributed by atoms with Crippen molar-refractivity contribution < 1.29 is 9.47 Å². The maximum absolute atomic E-state index is 5.79. The summed E-state index contributed by atoms with van der Waals surface area (Å²) in [5, 5.41) is 6.04. The molecule has 0 bridgehead atoms. The van der Waals surface area contributed by atoms with Gasteiger partial charge in [-0.2, -0.15) is 0 Å². The van der Waals surface area contributed by atoms with Crippen molar-refractivity contribution in [2.75, 3.05) is 18.2 Å². The summed E-state index contributed by atoms with van der Waals surface area (Å²) in [4.78, 5) is 15.8. The summed E-state index contributed by atoms with van der Waals surface area (Å²) in [6.45, 7) is 0.881. The van der Waals surface area contributed by atoms with Crippen molar-refractivity contribution in [1.29, 1.82) is 0 Å². The molecule has 1 saturated heterocycles. The number of thiophene rings is 1. The molecule has 0 amide bonds. The minimum Gasteiger partial charge on any atom is -0.454 e. The quantitative estimate of drug-likeness (QED) is 0.340. The van der Waals surface area contributed by atoms with Crippen LogP contribution < -0.4 is 19.7 Å². The van der Waals surface area contributed by atoms with E-state index in [9.17, 15) is 0 Å². The van der Waals surface area contributed by atoms with Crippen molar-refractivity contribution in [3.05, 3.63) is 69.1 Å². The van der Waals surface area contributed by atoms with E-state index in [1.807, 2.05) is 24.3 Å². The lowest BCUT2D eigenvalue weighted by Crippen LogP contribution is -2.29. The number of aliphatic imine (C=N–C) groups is 1. The first-order chi connectivity index (χ1) is 16.2. The molecule has 0 aliphatic carbocycles. The standard InChI is InChI=1S/C23H18BrN5O2S2/c24-16-10-20-19(30-12-31-20)9-15(16)21-22(25-6-5-14-2-1-7-33-14)28-23(32)29(21)13-3-4-17-18(8-13)27-11-26-17/h1-4,7-11,21H,5-6,12H2,(H,26,27)(H,25,28,32). The third-order valence-electron chi connectivity index (χ3n) is 5.66. The van der Waals surface area contributed by atoms with Crippen LogP contribution in [0.1, 0.15) is 16.5 Å². The molecule has 1 atom stereocenters. The summed E-state index contributed by atoms with van der Waals surface area (Å²) in [7, 11) is 0. The molecule has 10 heteroatoms. The number of hydrogen-bond acceptors (Lipinski definition) is 6. The zero-order valence-corrected chi connectivity index (χ0v) is 20.5. The molecule has 166 valence electrons. The molecular weight excluding hydrogens is 522 g/mol. The lowest BCUT2D eigenvalue weighted by atomic mass is 10.0. The van der Waals surface area contributed by atoms with E-state index >= 15 is 0 Å². The number of nitrogens with one attached hydrogen (secondary N) is 2. The van der Waals surface area contributed by atoms with Crippen molar-refractivity contribution in [3.8, 4) is 11.5 Å². The van der Waals surface area contributed by atoms with Crippen molar-refractivity contribution in [2.24, 2.45) is 4.99 Å². The molecule has 2 aliphatic rings. The Morgan fingerprint density at radius 3 is 2.94 bits per heavy atom. The maximum Gasteiger partial charge on any atom is 0.231 e. The zero-order chi connectivity index (χ0) is 22.4. The number of thiocarbonyl (C=S) groups is 1. The highest BCUT2D eigenvalue weighted by Crippen LogP contribution is 2.43. The number of benzene rings is 2. The second kappa shape index (κ2) is 8.44. The third-order valence-corrected chi connectivity index (χ3v) is 7.58. The molecular formula is C23H18BrN5O2S2. The monoisotopic (exact) mass is 539 g/mol. The first-order valence-electron chi connectivity index (χ1n) is 10.4. The molecule has 6 rings (SSSR count). The van der Waals surface area contributed by atoms with Gasteiger partial charge in [-0.1, -0.05) is 22.0 Å². The predicted octanol–water partition coefficient (Wildman–Crippen LogP) is 5.19. The first kappa shape index (κ1) is 20.6. The second-order valence-electron chi connectivity index (χ2n) is 7.63. The van der Waals surface area contributed by atoms with E-state index in [0.717, 1.165) is 44.8 Å². The number of fused-ring (bicyclic) bond motifs is 2. The summed E-state index contributed by atoms with van der Waals surface area (Å²) < 4.78 is 12.1. The average molecular weight is 540 g/mol. The van der Waals surface area contributed by atoms with Crippen LogP contribution in [0.5, 0.6) is 11.5 Å². The van der Waals surface area contributed by atoms with Gasteiger partial charge in [-0.15, -0.1) is 11.3 Å². The van der Waals surface area contributed by atoms with E-state index in [2.05, 4.69) is 59.7 Å². The molecule has 1 unspecified atom stereocenters. The van der Waals surface area contributed by atoms with Crippen LogP contribution in [0.3, 0.4) is 0 Å². The van der Waals surface area contributed by atoms with Gasteiger partial charge in [0.1, 0.15) is 11.9 Å². The van der Waals surface area contributed by atoms with Crippen molar-refractivity contribution >= 4 is 67.2 Å². The van der Waals surface area contributed by atoms with Crippen LogP contribution in [-0.4, -0.2) is 34.3 Å². The lowest BCUT2D eigenvalue weighted by molar-refractivity contribution is 0.174. The Hall–Kier alpha value is -2.95. The number of halogens is 1. The van der Waals surface area contributed by atoms with Gasteiger partial charge in [-0.05, 0) is 54.0 Å². The van der Waals surface area contributed by atoms with Crippen molar-refractivity contribution in [2.45, 2.75) is 12.5 Å². The van der Waals surface area contributed by atoms with E-state index < -0.39 is 0 Å². The van der Waals surface area contributed by atoms with Crippen molar-refractivity contribution in [1.82, 2.24) is 15.3 Å². The minimum absolute atomic E-state index is 0.217.